The molecule has 15 heavy (non-hydrogen) atoms. The minimum atomic E-state index is 0.416. The molecule has 0 fully saturated rings. The van der Waals surface area contributed by atoms with Crippen LogP contribution in [0.2, 0.25) is 0 Å². The molecule has 0 amide bonds. The summed E-state index contributed by atoms with van der Waals surface area (Å²) in [6, 6.07) is 2.61. The monoisotopic (exact) mass is 289 g/mol. The Morgan fingerprint density at radius 1 is 1.47 bits per heavy atom. The van der Waals surface area contributed by atoms with Crippen molar-refractivity contribution >= 4 is 27.3 Å². The van der Waals surface area contributed by atoms with E-state index in [2.05, 4.69) is 53.5 Å². The molecule has 1 aromatic heterocycles. The summed E-state index contributed by atoms with van der Waals surface area (Å²) in [5, 5.41) is 5.54. The molecular weight excluding hydrogens is 270 g/mol. The van der Waals surface area contributed by atoms with Gasteiger partial charge in [-0.05, 0) is 52.7 Å². The van der Waals surface area contributed by atoms with Crippen LogP contribution in [-0.2, 0) is 0 Å². The molecule has 1 N–H and O–H groups in total. The van der Waals surface area contributed by atoms with Crippen LogP contribution in [0.1, 0.15) is 44.5 Å². The van der Waals surface area contributed by atoms with Crippen LogP contribution in [0.15, 0.2) is 15.9 Å². The van der Waals surface area contributed by atoms with Gasteiger partial charge in [0.05, 0.1) is 0 Å². The number of halogens is 1. The highest BCUT2D eigenvalue weighted by molar-refractivity contribution is 9.10. The SMILES string of the molecule is CNC(CCC(C)(C)C)c1sccc1Br. The standard InChI is InChI=1S/C12H20BrNS/c1-12(2,3)7-5-10(14-4)11-9(13)6-8-15-11/h6,8,10,14H,5,7H2,1-4H3. The van der Waals surface area contributed by atoms with Gasteiger partial charge in [0.25, 0.3) is 0 Å². The average molecular weight is 290 g/mol. The average Bonchev–Trinajstić information content (AvgIpc) is 2.52. The molecule has 1 rings (SSSR count). The predicted octanol–water partition coefficient (Wildman–Crippen LogP) is 4.60. The molecule has 1 heterocycles. The van der Waals surface area contributed by atoms with Crippen molar-refractivity contribution in [2.45, 2.75) is 39.7 Å². The van der Waals surface area contributed by atoms with Gasteiger partial charge < -0.3 is 5.32 Å². The summed E-state index contributed by atoms with van der Waals surface area (Å²) in [6.07, 6.45) is 2.43. The van der Waals surface area contributed by atoms with Crippen LogP contribution in [0, 0.1) is 5.41 Å². The van der Waals surface area contributed by atoms with Gasteiger partial charge in [-0.3, -0.25) is 0 Å². The minimum absolute atomic E-state index is 0.416. The molecule has 0 aliphatic carbocycles. The van der Waals surface area contributed by atoms with E-state index in [1.165, 1.54) is 22.2 Å². The van der Waals surface area contributed by atoms with Crippen LogP contribution in [0.5, 0.6) is 0 Å². The third-order valence-electron chi connectivity index (χ3n) is 2.49. The molecule has 3 heteroatoms. The number of rotatable bonds is 4. The van der Waals surface area contributed by atoms with Crippen LogP contribution in [0.4, 0.5) is 0 Å². The Kier molecular flexibility index (Phi) is 4.81. The largest absolute Gasteiger partial charge is 0.312 e. The van der Waals surface area contributed by atoms with Gasteiger partial charge in [-0.25, -0.2) is 0 Å². The summed E-state index contributed by atoms with van der Waals surface area (Å²) in [5.74, 6) is 0. The van der Waals surface area contributed by atoms with E-state index in [1.54, 1.807) is 0 Å². The molecule has 0 aromatic carbocycles. The number of thiophene rings is 1. The fourth-order valence-electron chi connectivity index (χ4n) is 1.54. The molecule has 1 atom stereocenters. The topological polar surface area (TPSA) is 12.0 Å². The van der Waals surface area contributed by atoms with Crippen LogP contribution < -0.4 is 5.32 Å². The van der Waals surface area contributed by atoms with Crippen molar-refractivity contribution in [3.63, 3.8) is 0 Å². The van der Waals surface area contributed by atoms with Crippen LogP contribution in [0.3, 0.4) is 0 Å². The highest BCUT2D eigenvalue weighted by Crippen LogP contribution is 2.34. The van der Waals surface area contributed by atoms with Gasteiger partial charge in [0.1, 0.15) is 0 Å². The number of hydrogen-bond acceptors (Lipinski definition) is 2. The van der Waals surface area contributed by atoms with Gasteiger partial charge in [0.15, 0.2) is 0 Å². The first-order valence-electron chi connectivity index (χ1n) is 5.34. The molecule has 0 radical (unpaired) electrons. The van der Waals surface area contributed by atoms with Crippen LogP contribution >= 0.6 is 27.3 Å². The summed E-state index contributed by atoms with van der Waals surface area (Å²) in [6.45, 7) is 6.88. The van der Waals surface area contributed by atoms with Crippen molar-refractivity contribution in [2.24, 2.45) is 5.41 Å². The van der Waals surface area contributed by atoms with Crippen molar-refractivity contribution in [1.82, 2.24) is 5.32 Å². The molecule has 0 saturated carbocycles. The maximum absolute atomic E-state index is 3.60. The van der Waals surface area contributed by atoms with E-state index in [0.717, 1.165) is 0 Å². The Morgan fingerprint density at radius 2 is 2.13 bits per heavy atom. The van der Waals surface area contributed by atoms with Gasteiger partial charge in [-0.1, -0.05) is 20.8 Å². The zero-order valence-corrected chi connectivity index (χ0v) is 12.3. The zero-order valence-electron chi connectivity index (χ0n) is 9.93. The Bertz CT molecular complexity index is 301. The van der Waals surface area contributed by atoms with E-state index >= 15 is 0 Å². The van der Waals surface area contributed by atoms with E-state index in [9.17, 15) is 0 Å². The van der Waals surface area contributed by atoms with E-state index in [0.29, 0.717) is 11.5 Å². The van der Waals surface area contributed by atoms with Crippen molar-refractivity contribution in [1.29, 1.82) is 0 Å². The maximum atomic E-state index is 3.60. The van der Waals surface area contributed by atoms with Crippen molar-refractivity contribution < 1.29 is 0 Å². The van der Waals surface area contributed by atoms with Gasteiger partial charge >= 0.3 is 0 Å². The normalized spacial score (nSPS) is 14.2. The first kappa shape index (κ1) is 13.2. The summed E-state index contributed by atoms with van der Waals surface area (Å²) in [4.78, 5) is 1.42. The first-order chi connectivity index (χ1) is 6.94. The van der Waals surface area contributed by atoms with E-state index in [4.69, 9.17) is 0 Å². The second kappa shape index (κ2) is 5.46. The van der Waals surface area contributed by atoms with Gasteiger partial charge in [-0.15, -0.1) is 11.3 Å². The molecule has 0 aliphatic heterocycles. The highest BCUT2D eigenvalue weighted by Gasteiger charge is 2.18. The van der Waals surface area contributed by atoms with Gasteiger partial charge in [-0.2, -0.15) is 0 Å². The molecule has 0 bridgehead atoms. The quantitative estimate of drug-likeness (QED) is 0.854. The number of hydrogen-bond donors (Lipinski definition) is 1. The lowest BCUT2D eigenvalue weighted by Crippen LogP contribution is -2.18. The second-order valence-corrected chi connectivity index (χ2v) is 6.88. The lowest BCUT2D eigenvalue weighted by Gasteiger charge is -2.22. The Labute approximate surface area is 105 Å². The van der Waals surface area contributed by atoms with E-state index < -0.39 is 0 Å². The van der Waals surface area contributed by atoms with Gasteiger partial charge in [0.2, 0.25) is 0 Å². The number of nitrogens with one attached hydrogen (secondary N) is 1. The van der Waals surface area contributed by atoms with Crippen LogP contribution in [0.25, 0.3) is 0 Å². The van der Waals surface area contributed by atoms with E-state index in [1.807, 2.05) is 18.4 Å². The molecule has 1 nitrogen and oxygen atoms in total. The molecule has 0 aliphatic rings. The third-order valence-corrected chi connectivity index (χ3v) is 4.48. The highest BCUT2D eigenvalue weighted by atomic mass is 79.9. The molecule has 1 unspecified atom stereocenters. The molecule has 1 aromatic rings. The van der Waals surface area contributed by atoms with Crippen molar-refractivity contribution in [2.75, 3.05) is 7.05 Å². The third kappa shape index (κ3) is 4.25. The Hall–Kier alpha value is 0.140. The lowest BCUT2D eigenvalue weighted by atomic mass is 9.88. The van der Waals surface area contributed by atoms with Crippen molar-refractivity contribution in [3.05, 3.63) is 20.8 Å². The first-order valence-corrected chi connectivity index (χ1v) is 7.01. The Morgan fingerprint density at radius 3 is 2.53 bits per heavy atom. The summed E-state index contributed by atoms with van der Waals surface area (Å²) in [7, 11) is 2.04. The molecule has 0 spiro atoms. The minimum Gasteiger partial charge on any atom is -0.312 e. The maximum Gasteiger partial charge on any atom is 0.0423 e. The fourth-order valence-corrected chi connectivity index (χ4v) is 3.33. The van der Waals surface area contributed by atoms with Crippen LogP contribution in [-0.4, -0.2) is 7.05 Å². The molecule has 86 valence electrons. The summed E-state index contributed by atoms with van der Waals surface area (Å²) >= 11 is 5.42. The smallest absolute Gasteiger partial charge is 0.0423 e. The second-order valence-electron chi connectivity index (χ2n) is 5.07. The fraction of sp³-hybridized carbons (Fsp3) is 0.667. The summed E-state index contributed by atoms with van der Waals surface area (Å²) < 4.78 is 1.24. The summed E-state index contributed by atoms with van der Waals surface area (Å²) in [5.41, 5.74) is 0.416. The van der Waals surface area contributed by atoms with E-state index in [-0.39, 0.29) is 0 Å². The Balaban J connectivity index is 2.61. The zero-order chi connectivity index (χ0) is 11.5. The lowest BCUT2D eigenvalue weighted by molar-refractivity contribution is 0.339. The van der Waals surface area contributed by atoms with Gasteiger partial charge in [0, 0.05) is 15.4 Å². The predicted molar refractivity (Wildman–Crippen MR) is 72.5 cm³/mol. The van der Waals surface area contributed by atoms with Crippen molar-refractivity contribution in [3.8, 4) is 0 Å². The molecule has 0 saturated heterocycles. The molecular formula is C12H20BrNS.